The number of urea groups is 1. The Balaban J connectivity index is 1.33. The van der Waals surface area contributed by atoms with Gasteiger partial charge in [0.15, 0.2) is 0 Å². The fourth-order valence-electron chi connectivity index (χ4n) is 4.21. The Morgan fingerprint density at radius 1 is 1.19 bits per heavy atom. The quantitative estimate of drug-likeness (QED) is 0.750. The lowest BCUT2D eigenvalue weighted by Gasteiger charge is -2.39. The van der Waals surface area contributed by atoms with Gasteiger partial charge in [0.2, 0.25) is 5.91 Å². The molecule has 0 radical (unpaired) electrons. The molecule has 7 nitrogen and oxygen atoms in total. The number of carbonyl (C=O) groups excluding carboxylic acids is 2. The average molecular weight is 458 g/mol. The van der Waals surface area contributed by atoms with Gasteiger partial charge in [0.25, 0.3) is 0 Å². The first-order valence-electron chi connectivity index (χ1n) is 10.9. The highest BCUT2D eigenvalue weighted by Crippen LogP contribution is 2.36. The van der Waals surface area contributed by atoms with E-state index in [1.165, 1.54) is 0 Å². The van der Waals surface area contributed by atoms with Gasteiger partial charge in [0, 0.05) is 30.6 Å². The van der Waals surface area contributed by atoms with E-state index in [0.29, 0.717) is 55.5 Å². The number of nitrogens with one attached hydrogen (secondary N) is 1. The summed E-state index contributed by atoms with van der Waals surface area (Å²) in [5.41, 5.74) is 1.68. The maximum atomic E-state index is 13.3. The van der Waals surface area contributed by atoms with Gasteiger partial charge in [-0.05, 0) is 55.7 Å². The molecule has 0 spiro atoms. The van der Waals surface area contributed by atoms with Crippen molar-refractivity contribution in [1.82, 2.24) is 10.2 Å². The van der Waals surface area contributed by atoms with Crippen LogP contribution in [0, 0.1) is 5.92 Å². The number of carbonyl (C=O) groups is 2. The Bertz CT molecular complexity index is 991. The van der Waals surface area contributed by atoms with Crippen LogP contribution in [0.15, 0.2) is 42.5 Å². The second kappa shape index (κ2) is 9.69. The van der Waals surface area contributed by atoms with Crippen LogP contribution >= 0.6 is 11.6 Å². The van der Waals surface area contributed by atoms with Crippen molar-refractivity contribution in [2.75, 3.05) is 31.6 Å². The first kappa shape index (κ1) is 22.3. The minimum Gasteiger partial charge on any atom is -0.497 e. The van der Waals surface area contributed by atoms with Crippen molar-refractivity contribution in [2.24, 2.45) is 5.92 Å². The summed E-state index contributed by atoms with van der Waals surface area (Å²) in [5, 5.41) is 3.57. The molecule has 1 fully saturated rings. The van der Waals surface area contributed by atoms with Gasteiger partial charge in [0.05, 0.1) is 19.3 Å². The standard InChI is InChI=1S/C24H28ClN3O4/c1-16-15-28(21-13-19(25)6-7-22(21)32-16)24(30)27-10-8-18(9-11-27)23(29)26-14-17-4-3-5-20(12-17)31-2/h3-7,12-13,16,18H,8-11,14-15H2,1-2H3,(H,26,29)/t16-/m1/s1. The summed E-state index contributed by atoms with van der Waals surface area (Å²) < 4.78 is 11.1. The van der Waals surface area contributed by atoms with Crippen LogP contribution in [0.2, 0.25) is 5.02 Å². The second-order valence-electron chi connectivity index (χ2n) is 8.26. The second-order valence-corrected chi connectivity index (χ2v) is 8.70. The Morgan fingerprint density at radius 2 is 1.97 bits per heavy atom. The van der Waals surface area contributed by atoms with E-state index < -0.39 is 0 Å². The normalized spacial score (nSPS) is 18.5. The van der Waals surface area contributed by atoms with Crippen molar-refractivity contribution in [3.63, 3.8) is 0 Å². The molecule has 0 saturated carbocycles. The van der Waals surface area contributed by atoms with E-state index in [1.54, 1.807) is 30.2 Å². The van der Waals surface area contributed by atoms with E-state index in [1.807, 2.05) is 36.1 Å². The lowest BCUT2D eigenvalue weighted by Crippen LogP contribution is -2.52. The maximum Gasteiger partial charge on any atom is 0.324 e. The van der Waals surface area contributed by atoms with Gasteiger partial charge >= 0.3 is 6.03 Å². The number of methoxy groups -OCH3 is 1. The largest absolute Gasteiger partial charge is 0.497 e. The van der Waals surface area contributed by atoms with Gasteiger partial charge in [-0.15, -0.1) is 0 Å². The average Bonchev–Trinajstić information content (AvgIpc) is 2.82. The minimum absolute atomic E-state index is 0.0250. The maximum absolute atomic E-state index is 13.3. The van der Waals surface area contributed by atoms with Crippen LogP contribution in [0.25, 0.3) is 0 Å². The summed E-state index contributed by atoms with van der Waals surface area (Å²) in [6, 6.07) is 12.9. The number of hydrogen-bond acceptors (Lipinski definition) is 4. The number of fused-ring (bicyclic) bond motifs is 1. The first-order chi connectivity index (χ1) is 15.4. The summed E-state index contributed by atoms with van der Waals surface area (Å²) >= 11 is 6.16. The molecule has 2 aromatic rings. The van der Waals surface area contributed by atoms with Gasteiger partial charge in [-0.2, -0.15) is 0 Å². The number of likely N-dealkylation sites (tertiary alicyclic amines) is 1. The molecule has 2 aliphatic rings. The topological polar surface area (TPSA) is 71.1 Å². The monoisotopic (exact) mass is 457 g/mol. The van der Waals surface area contributed by atoms with Crippen LogP contribution < -0.4 is 19.7 Å². The molecule has 1 saturated heterocycles. The van der Waals surface area contributed by atoms with Gasteiger partial charge in [-0.3, -0.25) is 9.69 Å². The van der Waals surface area contributed by atoms with Crippen LogP contribution in [-0.4, -0.2) is 49.7 Å². The van der Waals surface area contributed by atoms with Crippen molar-refractivity contribution >= 4 is 29.2 Å². The zero-order chi connectivity index (χ0) is 22.7. The molecule has 0 bridgehead atoms. The van der Waals surface area contributed by atoms with E-state index in [0.717, 1.165) is 11.3 Å². The molecule has 2 aliphatic heterocycles. The van der Waals surface area contributed by atoms with Crippen LogP contribution in [0.3, 0.4) is 0 Å². The molecule has 2 heterocycles. The summed E-state index contributed by atoms with van der Waals surface area (Å²) in [4.78, 5) is 29.5. The summed E-state index contributed by atoms with van der Waals surface area (Å²) in [6.45, 7) is 3.94. The van der Waals surface area contributed by atoms with Gasteiger partial charge in [-0.1, -0.05) is 23.7 Å². The molecule has 1 N–H and O–H groups in total. The Labute approximate surface area is 193 Å². The molecule has 0 unspecified atom stereocenters. The van der Waals surface area contributed by atoms with Crippen LogP contribution in [0.5, 0.6) is 11.5 Å². The van der Waals surface area contributed by atoms with E-state index in [-0.39, 0.29) is 24.0 Å². The fourth-order valence-corrected chi connectivity index (χ4v) is 4.38. The number of anilines is 1. The molecule has 0 aliphatic carbocycles. The number of piperidine rings is 1. The third kappa shape index (κ3) is 4.93. The van der Waals surface area contributed by atoms with E-state index >= 15 is 0 Å². The molecule has 1 atom stereocenters. The zero-order valence-corrected chi connectivity index (χ0v) is 19.1. The summed E-state index contributed by atoms with van der Waals surface area (Å²) in [5.74, 6) is 1.35. The number of ether oxygens (including phenoxy) is 2. The number of nitrogens with zero attached hydrogens (tertiary/aromatic N) is 2. The van der Waals surface area contributed by atoms with Gasteiger partial charge < -0.3 is 19.7 Å². The molecule has 4 rings (SSSR count). The Hall–Kier alpha value is -2.93. The molecule has 8 heteroatoms. The third-order valence-electron chi connectivity index (χ3n) is 5.95. The predicted octanol–water partition coefficient (Wildman–Crippen LogP) is 4.08. The van der Waals surface area contributed by atoms with Crippen LogP contribution in [-0.2, 0) is 11.3 Å². The van der Waals surface area contributed by atoms with Crippen molar-refractivity contribution in [2.45, 2.75) is 32.4 Å². The molecule has 3 amide bonds. The zero-order valence-electron chi connectivity index (χ0n) is 18.3. The predicted molar refractivity (Wildman–Crippen MR) is 123 cm³/mol. The Morgan fingerprint density at radius 3 is 2.72 bits per heavy atom. The number of rotatable bonds is 4. The van der Waals surface area contributed by atoms with E-state index in [2.05, 4.69) is 5.32 Å². The smallest absolute Gasteiger partial charge is 0.324 e. The molecule has 0 aromatic heterocycles. The van der Waals surface area contributed by atoms with Gasteiger partial charge in [0.1, 0.15) is 17.6 Å². The fraction of sp³-hybridized carbons (Fsp3) is 0.417. The van der Waals surface area contributed by atoms with Crippen LogP contribution in [0.4, 0.5) is 10.5 Å². The third-order valence-corrected chi connectivity index (χ3v) is 6.18. The number of amides is 3. The molecular formula is C24H28ClN3O4. The van der Waals surface area contributed by atoms with Crippen LogP contribution in [0.1, 0.15) is 25.3 Å². The van der Waals surface area contributed by atoms with Crippen molar-refractivity contribution in [3.8, 4) is 11.5 Å². The highest BCUT2D eigenvalue weighted by molar-refractivity contribution is 6.31. The summed E-state index contributed by atoms with van der Waals surface area (Å²) in [7, 11) is 1.62. The summed E-state index contributed by atoms with van der Waals surface area (Å²) in [6.07, 6.45) is 1.17. The van der Waals surface area contributed by atoms with Crippen molar-refractivity contribution in [1.29, 1.82) is 0 Å². The highest BCUT2D eigenvalue weighted by Gasteiger charge is 2.34. The van der Waals surface area contributed by atoms with Crippen molar-refractivity contribution < 1.29 is 19.1 Å². The Kier molecular flexibility index (Phi) is 6.74. The molecule has 32 heavy (non-hydrogen) atoms. The molecule has 2 aromatic carbocycles. The lowest BCUT2D eigenvalue weighted by molar-refractivity contribution is -0.126. The first-order valence-corrected chi connectivity index (χ1v) is 11.3. The van der Waals surface area contributed by atoms with E-state index in [4.69, 9.17) is 21.1 Å². The molecular weight excluding hydrogens is 430 g/mol. The minimum atomic E-state index is -0.104. The highest BCUT2D eigenvalue weighted by atomic mass is 35.5. The van der Waals surface area contributed by atoms with Gasteiger partial charge in [-0.25, -0.2) is 4.79 Å². The molecule has 170 valence electrons. The van der Waals surface area contributed by atoms with Crippen molar-refractivity contribution in [3.05, 3.63) is 53.1 Å². The number of benzene rings is 2. The van der Waals surface area contributed by atoms with E-state index in [9.17, 15) is 9.59 Å². The number of hydrogen-bond donors (Lipinski definition) is 1. The number of halogens is 1. The SMILES string of the molecule is COc1cccc(CNC(=O)C2CCN(C(=O)N3C[C@@H](C)Oc4ccc(Cl)cc43)CC2)c1. The lowest BCUT2D eigenvalue weighted by atomic mass is 9.96.